The van der Waals surface area contributed by atoms with Gasteiger partial charge in [-0.2, -0.15) is 0 Å². The lowest BCUT2D eigenvalue weighted by molar-refractivity contribution is -0.133. The Balaban J connectivity index is 1.71. The van der Waals surface area contributed by atoms with Crippen molar-refractivity contribution in [1.82, 2.24) is 5.32 Å². The standard InChI is InChI=1S/C28H45NO4SSi/c1-18(2)35(19(3)4,20(5)6)33-24-15-26-22-13-21(7)27(28(26,29-17-24)16-23(30)14-22)34(31,32)25-11-9-8-10-12-25/h8-12,18-22,24,26-27,29H,13-17H2,1-7H3. The fourth-order valence-corrected chi connectivity index (χ4v) is 16.6. The second-order valence-electron chi connectivity index (χ2n) is 12.5. The highest BCUT2D eigenvalue weighted by molar-refractivity contribution is 7.92. The van der Waals surface area contributed by atoms with Gasteiger partial charge in [0.25, 0.3) is 0 Å². The van der Waals surface area contributed by atoms with Crippen molar-refractivity contribution in [2.24, 2.45) is 17.8 Å². The molecule has 2 aliphatic carbocycles. The normalized spacial score (nSPS) is 33.9. The maximum atomic E-state index is 14.1. The van der Waals surface area contributed by atoms with Gasteiger partial charge in [-0.05, 0) is 59.4 Å². The monoisotopic (exact) mass is 519 g/mol. The number of hydrogen-bond acceptors (Lipinski definition) is 5. The molecule has 1 aromatic rings. The van der Waals surface area contributed by atoms with Gasteiger partial charge in [0.15, 0.2) is 9.84 Å². The van der Waals surface area contributed by atoms with E-state index in [9.17, 15) is 13.2 Å². The largest absolute Gasteiger partial charge is 0.412 e. The maximum absolute atomic E-state index is 14.1. The number of ketones is 1. The number of carbonyl (C=O) groups excluding carboxylic acids is 1. The topological polar surface area (TPSA) is 72.5 Å². The van der Waals surface area contributed by atoms with Gasteiger partial charge in [0.2, 0.25) is 8.32 Å². The van der Waals surface area contributed by atoms with Crippen molar-refractivity contribution in [1.29, 1.82) is 0 Å². The molecule has 1 N–H and O–H groups in total. The first kappa shape index (κ1) is 27.0. The van der Waals surface area contributed by atoms with Crippen molar-refractivity contribution in [2.75, 3.05) is 6.54 Å². The van der Waals surface area contributed by atoms with E-state index in [0.29, 0.717) is 40.9 Å². The average molecular weight is 520 g/mol. The zero-order valence-corrected chi connectivity index (χ0v) is 24.4. The van der Waals surface area contributed by atoms with E-state index in [4.69, 9.17) is 4.43 Å². The highest BCUT2D eigenvalue weighted by Crippen LogP contribution is 2.55. The van der Waals surface area contributed by atoms with E-state index in [1.165, 1.54) is 0 Å². The van der Waals surface area contributed by atoms with Gasteiger partial charge in [-0.1, -0.05) is 66.7 Å². The van der Waals surface area contributed by atoms with E-state index in [1.54, 1.807) is 24.3 Å². The summed E-state index contributed by atoms with van der Waals surface area (Å²) < 4.78 is 35.3. The Morgan fingerprint density at radius 2 is 1.60 bits per heavy atom. The summed E-state index contributed by atoms with van der Waals surface area (Å²) in [6, 6.07) is 8.83. The molecule has 1 aromatic carbocycles. The van der Waals surface area contributed by atoms with E-state index >= 15 is 0 Å². The van der Waals surface area contributed by atoms with Crippen LogP contribution in [0.3, 0.4) is 0 Å². The molecule has 2 saturated carbocycles. The highest BCUT2D eigenvalue weighted by Gasteiger charge is 2.64. The highest BCUT2D eigenvalue weighted by atomic mass is 32.2. The Morgan fingerprint density at radius 3 is 2.17 bits per heavy atom. The Labute approximate surface area is 213 Å². The van der Waals surface area contributed by atoms with Gasteiger partial charge in [-0.15, -0.1) is 0 Å². The Bertz CT molecular complexity index is 1000. The van der Waals surface area contributed by atoms with Gasteiger partial charge in [0.05, 0.1) is 16.2 Å². The molecule has 196 valence electrons. The summed E-state index contributed by atoms with van der Waals surface area (Å²) >= 11 is 0. The van der Waals surface area contributed by atoms with Crippen LogP contribution in [0.15, 0.2) is 35.2 Å². The molecule has 0 aromatic heterocycles. The smallest absolute Gasteiger partial charge is 0.200 e. The molecule has 2 bridgehead atoms. The molecular formula is C28H45NO4SSi. The van der Waals surface area contributed by atoms with Gasteiger partial charge >= 0.3 is 0 Å². The lowest BCUT2D eigenvalue weighted by atomic mass is 9.54. The predicted octanol–water partition coefficient (Wildman–Crippen LogP) is 5.76. The number of hydrogen-bond donors (Lipinski definition) is 1. The van der Waals surface area contributed by atoms with Gasteiger partial charge in [-0.3, -0.25) is 4.79 Å². The molecule has 3 fully saturated rings. The maximum Gasteiger partial charge on any atom is 0.200 e. The number of piperidine rings is 1. The van der Waals surface area contributed by atoms with E-state index in [-0.39, 0.29) is 29.6 Å². The van der Waals surface area contributed by atoms with Gasteiger partial charge in [0.1, 0.15) is 5.78 Å². The summed E-state index contributed by atoms with van der Waals surface area (Å²) in [5.74, 6) is 0.556. The first-order chi connectivity index (χ1) is 16.4. The zero-order valence-electron chi connectivity index (χ0n) is 22.6. The molecule has 1 aliphatic heterocycles. The second-order valence-corrected chi connectivity index (χ2v) is 20.0. The van der Waals surface area contributed by atoms with Crippen molar-refractivity contribution in [3.05, 3.63) is 30.3 Å². The summed E-state index contributed by atoms with van der Waals surface area (Å²) in [5.41, 5.74) is 0.787. The first-order valence-corrected chi connectivity index (χ1v) is 17.3. The number of benzene rings is 1. The van der Waals surface area contributed by atoms with Gasteiger partial charge < -0.3 is 9.74 Å². The van der Waals surface area contributed by atoms with Crippen LogP contribution in [-0.2, 0) is 19.1 Å². The Morgan fingerprint density at radius 1 is 1.00 bits per heavy atom. The molecule has 1 heterocycles. The summed E-state index contributed by atoms with van der Waals surface area (Å²) in [4.78, 5) is 13.3. The van der Waals surface area contributed by atoms with Crippen LogP contribution in [0.2, 0.25) is 16.6 Å². The minimum Gasteiger partial charge on any atom is -0.412 e. The number of nitrogens with one attached hydrogen (secondary N) is 1. The molecule has 6 atom stereocenters. The fraction of sp³-hybridized carbons (Fsp3) is 0.750. The second kappa shape index (κ2) is 9.69. The van der Waals surface area contributed by atoms with Crippen LogP contribution in [0.1, 0.15) is 74.1 Å². The third-order valence-corrected chi connectivity index (χ3v) is 18.2. The van der Waals surface area contributed by atoms with E-state index < -0.39 is 28.9 Å². The zero-order chi connectivity index (χ0) is 25.8. The van der Waals surface area contributed by atoms with Crippen LogP contribution >= 0.6 is 0 Å². The number of Topliss-reactive ketones (excluding diaryl/α,β-unsaturated/α-hetero) is 1. The van der Waals surface area contributed by atoms with Crippen LogP contribution in [0.25, 0.3) is 0 Å². The molecule has 35 heavy (non-hydrogen) atoms. The van der Waals surface area contributed by atoms with Crippen LogP contribution in [0.5, 0.6) is 0 Å². The average Bonchev–Trinajstić information content (AvgIpc) is 2.76. The van der Waals surface area contributed by atoms with E-state index in [0.717, 1.165) is 12.8 Å². The summed E-state index contributed by atoms with van der Waals surface area (Å²) in [5, 5.41) is 3.13. The lowest BCUT2D eigenvalue weighted by Crippen LogP contribution is -2.74. The molecule has 3 aliphatic rings. The number of rotatable bonds is 7. The minimum atomic E-state index is -3.60. The molecule has 7 heteroatoms. The van der Waals surface area contributed by atoms with Crippen molar-refractivity contribution in [2.45, 2.75) is 113 Å². The third kappa shape index (κ3) is 4.38. The van der Waals surface area contributed by atoms with Crippen LogP contribution in [-0.4, -0.2) is 46.0 Å². The van der Waals surface area contributed by atoms with Crippen molar-refractivity contribution >= 4 is 23.9 Å². The molecule has 5 nitrogen and oxygen atoms in total. The summed E-state index contributed by atoms with van der Waals surface area (Å²) in [7, 11) is -5.67. The molecule has 4 rings (SSSR count). The van der Waals surface area contributed by atoms with Gasteiger partial charge in [-0.25, -0.2) is 8.42 Å². The van der Waals surface area contributed by atoms with E-state index in [2.05, 4.69) is 53.8 Å². The Hall–Kier alpha value is -1.02. The quantitative estimate of drug-likeness (QED) is 0.464. The number of carbonyl (C=O) groups is 1. The molecule has 1 saturated heterocycles. The van der Waals surface area contributed by atoms with Crippen LogP contribution < -0.4 is 5.32 Å². The van der Waals surface area contributed by atoms with Crippen molar-refractivity contribution in [3.63, 3.8) is 0 Å². The molecule has 0 amide bonds. The molecular weight excluding hydrogens is 474 g/mol. The molecule has 6 unspecified atom stereocenters. The summed E-state index contributed by atoms with van der Waals surface area (Å²) in [6.45, 7) is 16.5. The lowest BCUT2D eigenvalue weighted by Gasteiger charge is -2.61. The fourth-order valence-electron chi connectivity index (χ4n) is 8.55. The SMILES string of the molecule is CC1CC2CC(=O)CC3(NCC(O[Si](C(C)C)(C(C)C)C(C)C)CC23)C1S(=O)(=O)c1ccccc1. The van der Waals surface area contributed by atoms with Crippen molar-refractivity contribution in [3.8, 4) is 0 Å². The number of sulfone groups is 1. The van der Waals surface area contributed by atoms with E-state index in [1.807, 2.05) is 6.07 Å². The first-order valence-electron chi connectivity index (χ1n) is 13.6. The Kier molecular flexibility index (Phi) is 7.49. The predicted molar refractivity (Wildman–Crippen MR) is 144 cm³/mol. The van der Waals surface area contributed by atoms with Crippen LogP contribution in [0.4, 0.5) is 0 Å². The van der Waals surface area contributed by atoms with Crippen molar-refractivity contribution < 1.29 is 17.6 Å². The van der Waals surface area contributed by atoms with Gasteiger partial charge in [0, 0.05) is 24.9 Å². The molecule has 0 spiro atoms. The van der Waals surface area contributed by atoms with Crippen LogP contribution in [0, 0.1) is 17.8 Å². The summed E-state index contributed by atoms with van der Waals surface area (Å²) in [6.07, 6.45) is 2.58. The molecule has 0 radical (unpaired) electrons. The third-order valence-electron chi connectivity index (χ3n) is 9.57. The minimum absolute atomic E-state index is 0.00465.